The molecule has 0 radical (unpaired) electrons. The van der Waals surface area contributed by atoms with Gasteiger partial charge in [-0.3, -0.25) is 9.59 Å². The smallest absolute Gasteiger partial charge is 0.252 e. The summed E-state index contributed by atoms with van der Waals surface area (Å²) in [7, 11) is 3.65. The average Bonchev–Trinajstić information content (AvgIpc) is 3.00. The number of amides is 1. The normalized spacial score (nSPS) is 17.5. The van der Waals surface area contributed by atoms with Gasteiger partial charge in [0.25, 0.3) is 5.56 Å². The Labute approximate surface area is 249 Å². The highest BCUT2D eigenvalue weighted by molar-refractivity contribution is 6.33. The van der Waals surface area contributed by atoms with Gasteiger partial charge in [0.05, 0.1) is 23.2 Å². The molecule has 0 bridgehead atoms. The second-order valence-corrected chi connectivity index (χ2v) is 11.7. The fraction of sp³-hybridized carbons (Fsp3) is 0.400. The molecule has 2 aliphatic rings. The fourth-order valence-corrected chi connectivity index (χ4v) is 6.23. The van der Waals surface area contributed by atoms with Gasteiger partial charge in [-0.15, -0.1) is 0 Å². The number of carbonyl (C=O) groups is 1. The molecule has 5 heterocycles. The summed E-state index contributed by atoms with van der Waals surface area (Å²) in [5, 5.41) is 7.99. The number of rotatable bonds is 6. The maximum Gasteiger partial charge on any atom is 0.252 e. The number of hydrogen-bond donors (Lipinski definition) is 2. The van der Waals surface area contributed by atoms with Crippen LogP contribution in [-0.4, -0.2) is 62.0 Å². The zero-order valence-electron chi connectivity index (χ0n) is 24.0. The number of nitrogens with zero attached hydrogens (tertiary/aromatic N) is 7. The van der Waals surface area contributed by atoms with E-state index in [-0.39, 0.29) is 22.9 Å². The SMILES string of the molecule is CC(Nc1cc(=O)n(C)c2ccc(Nc3nc(N4CCC5(CCCN(C)C5=O)CC4)ncc3Cl)cc12)c1ncccn1. The number of piperidine rings is 2. The van der Waals surface area contributed by atoms with Crippen molar-refractivity contribution in [1.29, 1.82) is 0 Å². The fourth-order valence-electron chi connectivity index (χ4n) is 6.09. The van der Waals surface area contributed by atoms with Crippen molar-refractivity contribution < 1.29 is 4.79 Å². The van der Waals surface area contributed by atoms with Crippen molar-refractivity contribution in [2.24, 2.45) is 12.5 Å². The topological polar surface area (TPSA) is 121 Å². The summed E-state index contributed by atoms with van der Waals surface area (Å²) >= 11 is 6.54. The number of anilines is 4. The molecule has 0 aliphatic carbocycles. The van der Waals surface area contributed by atoms with Crippen LogP contribution < -0.4 is 21.1 Å². The maximum absolute atomic E-state index is 13.0. The van der Waals surface area contributed by atoms with Gasteiger partial charge in [-0.1, -0.05) is 11.6 Å². The van der Waals surface area contributed by atoms with Crippen molar-refractivity contribution in [1.82, 2.24) is 29.4 Å². The van der Waals surface area contributed by atoms with E-state index >= 15 is 0 Å². The molecule has 1 spiro atoms. The van der Waals surface area contributed by atoms with Gasteiger partial charge < -0.3 is 25.0 Å². The van der Waals surface area contributed by atoms with Crippen molar-refractivity contribution >= 4 is 51.6 Å². The van der Waals surface area contributed by atoms with Crippen LogP contribution in [-0.2, 0) is 11.8 Å². The lowest BCUT2D eigenvalue weighted by atomic mass is 9.72. The summed E-state index contributed by atoms with van der Waals surface area (Å²) in [5.41, 5.74) is 1.82. The Kier molecular flexibility index (Phi) is 7.44. The number of fused-ring (bicyclic) bond motifs is 1. The number of nitrogens with one attached hydrogen (secondary N) is 2. The van der Waals surface area contributed by atoms with E-state index in [1.807, 2.05) is 37.1 Å². The maximum atomic E-state index is 13.0. The van der Waals surface area contributed by atoms with Crippen molar-refractivity contribution in [2.45, 2.75) is 38.6 Å². The van der Waals surface area contributed by atoms with Crippen molar-refractivity contribution in [3.63, 3.8) is 0 Å². The van der Waals surface area contributed by atoms with E-state index in [0.717, 1.165) is 48.8 Å². The molecule has 2 N–H and O–H groups in total. The van der Waals surface area contributed by atoms with Crippen LogP contribution in [0.25, 0.3) is 10.9 Å². The van der Waals surface area contributed by atoms with Crippen LogP contribution >= 0.6 is 11.6 Å². The van der Waals surface area contributed by atoms with E-state index < -0.39 is 0 Å². The Bertz CT molecular complexity index is 1690. The van der Waals surface area contributed by atoms with E-state index in [2.05, 4.69) is 30.5 Å². The number of hydrogen-bond acceptors (Lipinski definition) is 9. The third-order valence-corrected chi connectivity index (χ3v) is 8.81. The third kappa shape index (κ3) is 5.24. The highest BCUT2D eigenvalue weighted by Crippen LogP contribution is 2.41. The van der Waals surface area contributed by atoms with E-state index in [0.29, 0.717) is 41.4 Å². The Morgan fingerprint density at radius 2 is 1.76 bits per heavy atom. The Balaban J connectivity index is 1.25. The summed E-state index contributed by atoms with van der Waals surface area (Å²) in [4.78, 5) is 47.6. The van der Waals surface area contributed by atoms with Gasteiger partial charge in [0, 0.05) is 69.0 Å². The van der Waals surface area contributed by atoms with Crippen molar-refractivity contribution in [3.8, 4) is 0 Å². The summed E-state index contributed by atoms with van der Waals surface area (Å²) < 4.78 is 1.61. The first-order chi connectivity index (χ1) is 20.2. The molecule has 6 rings (SSSR count). The summed E-state index contributed by atoms with van der Waals surface area (Å²) in [6, 6.07) is 8.88. The van der Waals surface area contributed by atoms with Gasteiger partial charge >= 0.3 is 0 Å². The van der Waals surface area contributed by atoms with Crippen LogP contribution in [0.15, 0.2) is 53.7 Å². The first-order valence-corrected chi connectivity index (χ1v) is 14.6. The number of likely N-dealkylation sites (tertiary alicyclic amines) is 1. The average molecular weight is 588 g/mol. The van der Waals surface area contributed by atoms with Crippen LogP contribution in [0.1, 0.15) is 44.5 Å². The molecule has 1 atom stereocenters. The zero-order valence-corrected chi connectivity index (χ0v) is 24.7. The Morgan fingerprint density at radius 1 is 1.00 bits per heavy atom. The van der Waals surface area contributed by atoms with E-state index in [1.54, 1.807) is 42.3 Å². The minimum Gasteiger partial charge on any atom is -0.375 e. The molecular formula is C30H34ClN9O2. The molecule has 2 fully saturated rings. The largest absolute Gasteiger partial charge is 0.375 e. The summed E-state index contributed by atoms with van der Waals surface area (Å²) in [6.07, 6.45) is 8.56. The van der Waals surface area contributed by atoms with Crippen LogP contribution in [0, 0.1) is 5.41 Å². The predicted molar refractivity (Wildman–Crippen MR) is 164 cm³/mol. The van der Waals surface area contributed by atoms with Crippen LogP contribution in [0.3, 0.4) is 0 Å². The monoisotopic (exact) mass is 587 g/mol. The number of halogens is 1. The van der Waals surface area contributed by atoms with E-state index in [9.17, 15) is 9.59 Å². The second-order valence-electron chi connectivity index (χ2n) is 11.2. The third-order valence-electron chi connectivity index (χ3n) is 8.54. The first kappa shape index (κ1) is 27.9. The van der Waals surface area contributed by atoms with E-state index in [4.69, 9.17) is 16.6 Å². The predicted octanol–water partition coefficient (Wildman–Crippen LogP) is 4.53. The molecule has 3 aromatic heterocycles. The number of benzene rings is 1. The Hall–Kier alpha value is -4.25. The van der Waals surface area contributed by atoms with Crippen molar-refractivity contribution in [3.05, 3.63) is 70.1 Å². The van der Waals surface area contributed by atoms with Gasteiger partial charge in [0.15, 0.2) is 5.82 Å². The summed E-state index contributed by atoms with van der Waals surface area (Å²) in [5.74, 6) is 1.96. The van der Waals surface area contributed by atoms with Gasteiger partial charge in [0.2, 0.25) is 11.9 Å². The van der Waals surface area contributed by atoms with Gasteiger partial charge in [-0.05, 0) is 56.9 Å². The Morgan fingerprint density at radius 3 is 2.52 bits per heavy atom. The minimum atomic E-state index is -0.266. The van der Waals surface area contributed by atoms with E-state index in [1.165, 1.54) is 0 Å². The highest BCUT2D eigenvalue weighted by atomic mass is 35.5. The first-order valence-electron chi connectivity index (χ1n) is 14.2. The molecule has 42 heavy (non-hydrogen) atoms. The summed E-state index contributed by atoms with van der Waals surface area (Å²) in [6.45, 7) is 4.21. The highest BCUT2D eigenvalue weighted by Gasteiger charge is 2.45. The molecule has 1 amide bonds. The molecule has 0 saturated carbocycles. The molecule has 11 nitrogen and oxygen atoms in total. The molecule has 218 valence electrons. The number of pyridine rings is 1. The van der Waals surface area contributed by atoms with Gasteiger partial charge in [-0.25, -0.2) is 15.0 Å². The standard InChI is InChI=1S/C30H34ClN9O2/c1-19(26-32-11-5-12-33-26)35-23-17-25(41)39(3)24-7-6-20(16-21(23)24)36-27-22(31)18-34-29(37-27)40-14-9-30(10-15-40)8-4-13-38(2)28(30)42/h5-7,11-12,16-19,35H,4,8-10,13-15H2,1-3H3,(H,34,36,37). The molecule has 2 saturated heterocycles. The van der Waals surface area contributed by atoms with Crippen LogP contribution in [0.5, 0.6) is 0 Å². The zero-order chi connectivity index (χ0) is 29.4. The lowest BCUT2D eigenvalue weighted by Crippen LogP contribution is -2.52. The molecule has 12 heteroatoms. The van der Waals surface area contributed by atoms with Crippen LogP contribution in [0.2, 0.25) is 5.02 Å². The molecule has 4 aromatic rings. The molecule has 2 aliphatic heterocycles. The molecule has 1 unspecified atom stereocenters. The van der Waals surface area contributed by atoms with Crippen molar-refractivity contribution in [2.75, 3.05) is 42.2 Å². The number of aryl methyl sites for hydroxylation is 1. The molecular weight excluding hydrogens is 554 g/mol. The quantitative estimate of drug-likeness (QED) is 0.335. The van der Waals surface area contributed by atoms with Gasteiger partial charge in [0.1, 0.15) is 10.8 Å². The lowest BCUT2D eigenvalue weighted by Gasteiger charge is -2.45. The second kappa shape index (κ2) is 11.2. The lowest BCUT2D eigenvalue weighted by molar-refractivity contribution is -0.146. The van der Waals surface area contributed by atoms with Crippen LogP contribution in [0.4, 0.5) is 23.1 Å². The number of aromatic nitrogens is 5. The van der Waals surface area contributed by atoms with Gasteiger partial charge in [-0.2, -0.15) is 4.98 Å². The minimum absolute atomic E-state index is 0.125. The molecule has 1 aromatic carbocycles. The number of carbonyl (C=O) groups excluding carboxylic acids is 1.